The Balaban J connectivity index is 1.89. The molecule has 0 saturated carbocycles. The Hall–Kier alpha value is -2.10. The highest BCUT2D eigenvalue weighted by atomic mass is 16.5. The lowest BCUT2D eigenvalue weighted by Crippen LogP contribution is -2.09. The molecule has 0 bridgehead atoms. The van der Waals surface area contributed by atoms with E-state index in [1.165, 1.54) is 5.56 Å². The highest BCUT2D eigenvalue weighted by molar-refractivity contribution is 5.69. The molecule has 1 aromatic heterocycles. The molecule has 0 amide bonds. The number of aryl methyl sites for hydroxylation is 1. The fourth-order valence-corrected chi connectivity index (χ4v) is 2.41. The Kier molecular flexibility index (Phi) is 3.81. The molecule has 4 heteroatoms. The molecule has 104 valence electrons. The SMILES string of the molecule is CCCNc1ccc(-c2cccc3c2OCCC3)nn1. The summed E-state index contributed by atoms with van der Waals surface area (Å²) in [6.45, 7) is 3.83. The zero-order valence-electron chi connectivity index (χ0n) is 11.7. The summed E-state index contributed by atoms with van der Waals surface area (Å²) < 4.78 is 5.82. The molecule has 3 rings (SSSR count). The number of fused-ring (bicyclic) bond motifs is 1. The van der Waals surface area contributed by atoms with Gasteiger partial charge in [0.2, 0.25) is 0 Å². The minimum Gasteiger partial charge on any atom is -0.493 e. The first-order valence-corrected chi connectivity index (χ1v) is 7.21. The van der Waals surface area contributed by atoms with E-state index in [9.17, 15) is 0 Å². The maximum atomic E-state index is 5.82. The molecular formula is C16H19N3O. The Morgan fingerprint density at radius 2 is 2.15 bits per heavy atom. The molecule has 1 aromatic carbocycles. The fraction of sp³-hybridized carbons (Fsp3) is 0.375. The van der Waals surface area contributed by atoms with Crippen LogP contribution in [0.3, 0.4) is 0 Å². The summed E-state index contributed by atoms with van der Waals surface area (Å²) in [6, 6.07) is 10.2. The van der Waals surface area contributed by atoms with Crippen molar-refractivity contribution in [2.24, 2.45) is 0 Å². The van der Waals surface area contributed by atoms with E-state index < -0.39 is 0 Å². The number of nitrogens with zero attached hydrogens (tertiary/aromatic N) is 2. The predicted molar refractivity (Wildman–Crippen MR) is 80.1 cm³/mol. The van der Waals surface area contributed by atoms with Gasteiger partial charge in [-0.2, -0.15) is 0 Å². The first-order valence-electron chi connectivity index (χ1n) is 7.21. The van der Waals surface area contributed by atoms with Crippen LogP contribution in [0.5, 0.6) is 5.75 Å². The van der Waals surface area contributed by atoms with Crippen LogP contribution in [-0.4, -0.2) is 23.3 Å². The van der Waals surface area contributed by atoms with Crippen LogP contribution in [0.2, 0.25) is 0 Å². The van der Waals surface area contributed by atoms with Crippen molar-refractivity contribution in [1.82, 2.24) is 10.2 Å². The maximum absolute atomic E-state index is 5.82. The average Bonchev–Trinajstić information content (AvgIpc) is 2.53. The molecule has 1 N–H and O–H groups in total. The summed E-state index contributed by atoms with van der Waals surface area (Å²) in [5.74, 6) is 1.80. The quantitative estimate of drug-likeness (QED) is 0.925. The van der Waals surface area contributed by atoms with Gasteiger partial charge in [0, 0.05) is 12.1 Å². The fourth-order valence-electron chi connectivity index (χ4n) is 2.41. The zero-order valence-corrected chi connectivity index (χ0v) is 11.7. The molecule has 2 aromatic rings. The molecule has 0 aliphatic carbocycles. The lowest BCUT2D eigenvalue weighted by atomic mass is 10.0. The number of nitrogens with one attached hydrogen (secondary N) is 1. The first-order chi connectivity index (χ1) is 9.88. The highest BCUT2D eigenvalue weighted by Gasteiger charge is 2.16. The molecule has 2 heterocycles. The predicted octanol–water partition coefficient (Wildman–Crippen LogP) is 3.29. The molecule has 20 heavy (non-hydrogen) atoms. The average molecular weight is 269 g/mol. The van der Waals surface area contributed by atoms with Gasteiger partial charge in [-0.1, -0.05) is 19.1 Å². The van der Waals surface area contributed by atoms with E-state index in [1.54, 1.807) is 0 Å². The number of anilines is 1. The van der Waals surface area contributed by atoms with E-state index in [1.807, 2.05) is 18.2 Å². The van der Waals surface area contributed by atoms with Crippen LogP contribution in [0, 0.1) is 0 Å². The molecule has 0 saturated heterocycles. The van der Waals surface area contributed by atoms with Crippen molar-refractivity contribution in [2.45, 2.75) is 26.2 Å². The smallest absolute Gasteiger partial charge is 0.148 e. The van der Waals surface area contributed by atoms with Crippen molar-refractivity contribution < 1.29 is 4.74 Å². The van der Waals surface area contributed by atoms with Gasteiger partial charge in [-0.05, 0) is 43.0 Å². The lowest BCUT2D eigenvalue weighted by Gasteiger charge is -2.19. The summed E-state index contributed by atoms with van der Waals surface area (Å²) in [5.41, 5.74) is 3.17. The standard InChI is InChI=1S/C16H19N3O/c1-2-10-17-15-9-8-14(18-19-15)13-7-3-5-12-6-4-11-20-16(12)13/h3,5,7-9H,2,4,6,10-11H2,1H3,(H,17,19). The lowest BCUT2D eigenvalue weighted by molar-refractivity contribution is 0.289. The second-order valence-corrected chi connectivity index (χ2v) is 4.98. The minimum absolute atomic E-state index is 0.785. The first kappa shape index (κ1) is 12.9. The van der Waals surface area contributed by atoms with Crippen LogP contribution in [0.4, 0.5) is 5.82 Å². The van der Waals surface area contributed by atoms with Crippen LogP contribution in [0.25, 0.3) is 11.3 Å². The Morgan fingerprint density at radius 1 is 1.20 bits per heavy atom. The molecule has 0 fully saturated rings. The van der Waals surface area contributed by atoms with Gasteiger partial charge in [-0.15, -0.1) is 10.2 Å². The topological polar surface area (TPSA) is 47.0 Å². The molecule has 0 spiro atoms. The third-order valence-corrected chi connectivity index (χ3v) is 3.43. The van der Waals surface area contributed by atoms with Crippen molar-refractivity contribution in [3.63, 3.8) is 0 Å². The highest BCUT2D eigenvalue weighted by Crippen LogP contribution is 2.35. The monoisotopic (exact) mass is 269 g/mol. The minimum atomic E-state index is 0.785. The molecule has 1 aliphatic rings. The number of hydrogen-bond donors (Lipinski definition) is 1. The van der Waals surface area contributed by atoms with Gasteiger partial charge in [-0.3, -0.25) is 0 Å². The van der Waals surface area contributed by atoms with Gasteiger partial charge in [0.1, 0.15) is 11.6 Å². The van der Waals surface area contributed by atoms with Crippen molar-refractivity contribution in [3.05, 3.63) is 35.9 Å². The number of ether oxygens (including phenoxy) is 1. The van der Waals surface area contributed by atoms with Gasteiger partial charge < -0.3 is 10.1 Å². The Labute approximate surface area is 119 Å². The largest absolute Gasteiger partial charge is 0.493 e. The normalized spacial score (nSPS) is 13.4. The second-order valence-electron chi connectivity index (χ2n) is 4.98. The van der Waals surface area contributed by atoms with Crippen molar-refractivity contribution in [2.75, 3.05) is 18.5 Å². The van der Waals surface area contributed by atoms with Gasteiger partial charge in [0.05, 0.1) is 12.3 Å². The van der Waals surface area contributed by atoms with E-state index >= 15 is 0 Å². The Morgan fingerprint density at radius 3 is 2.95 bits per heavy atom. The van der Waals surface area contributed by atoms with Gasteiger partial charge in [0.25, 0.3) is 0 Å². The van der Waals surface area contributed by atoms with E-state index in [-0.39, 0.29) is 0 Å². The number of aromatic nitrogens is 2. The summed E-state index contributed by atoms with van der Waals surface area (Å²) in [6.07, 6.45) is 3.23. The summed E-state index contributed by atoms with van der Waals surface area (Å²) >= 11 is 0. The van der Waals surface area contributed by atoms with Gasteiger partial charge in [0.15, 0.2) is 0 Å². The summed E-state index contributed by atoms with van der Waals surface area (Å²) in [7, 11) is 0. The van der Waals surface area contributed by atoms with Crippen molar-refractivity contribution in [3.8, 4) is 17.0 Å². The molecule has 0 unspecified atom stereocenters. The second kappa shape index (κ2) is 5.90. The molecule has 0 atom stereocenters. The number of para-hydroxylation sites is 1. The van der Waals surface area contributed by atoms with Crippen molar-refractivity contribution >= 4 is 5.82 Å². The molecular weight excluding hydrogens is 250 g/mol. The summed E-state index contributed by atoms with van der Waals surface area (Å²) in [4.78, 5) is 0. The van der Waals surface area contributed by atoms with E-state index in [0.717, 1.165) is 55.2 Å². The molecule has 4 nitrogen and oxygen atoms in total. The molecule has 1 aliphatic heterocycles. The van der Waals surface area contributed by atoms with Crippen LogP contribution >= 0.6 is 0 Å². The third-order valence-electron chi connectivity index (χ3n) is 3.43. The number of benzene rings is 1. The maximum Gasteiger partial charge on any atom is 0.148 e. The number of hydrogen-bond acceptors (Lipinski definition) is 4. The molecule has 0 radical (unpaired) electrons. The third kappa shape index (κ3) is 2.59. The van der Waals surface area contributed by atoms with E-state index in [2.05, 4.69) is 34.6 Å². The zero-order chi connectivity index (χ0) is 13.8. The number of rotatable bonds is 4. The Bertz CT molecular complexity index is 581. The van der Waals surface area contributed by atoms with E-state index in [4.69, 9.17) is 4.74 Å². The van der Waals surface area contributed by atoms with Crippen LogP contribution in [0.15, 0.2) is 30.3 Å². The summed E-state index contributed by atoms with van der Waals surface area (Å²) in [5, 5.41) is 11.8. The van der Waals surface area contributed by atoms with Gasteiger partial charge >= 0.3 is 0 Å². The van der Waals surface area contributed by atoms with Crippen LogP contribution < -0.4 is 10.1 Å². The van der Waals surface area contributed by atoms with Crippen LogP contribution in [-0.2, 0) is 6.42 Å². The van der Waals surface area contributed by atoms with E-state index in [0.29, 0.717) is 0 Å². The van der Waals surface area contributed by atoms with Gasteiger partial charge in [-0.25, -0.2) is 0 Å². The van der Waals surface area contributed by atoms with Crippen LogP contribution in [0.1, 0.15) is 25.3 Å². The van der Waals surface area contributed by atoms with Crippen molar-refractivity contribution in [1.29, 1.82) is 0 Å².